The van der Waals surface area contributed by atoms with Crippen LogP contribution >= 0.6 is 0 Å². The fraction of sp³-hybridized carbons (Fsp3) is 0.842. The molecule has 1 nitrogen and oxygen atoms in total. The monoisotopic (exact) mass is 290 g/mol. The molecular formula is C19H27FO. The fourth-order valence-corrected chi connectivity index (χ4v) is 6.45. The third kappa shape index (κ3) is 1.71. The SMILES string of the molecule is C[C@]12CCCCC1=CC[C@@H]1[C@H]2CC[C@]2(C)C(=O)C(F)C[C@@H]12. The van der Waals surface area contributed by atoms with Gasteiger partial charge in [-0.1, -0.05) is 31.9 Å². The second kappa shape index (κ2) is 4.43. The van der Waals surface area contributed by atoms with Crippen LogP contribution < -0.4 is 0 Å². The van der Waals surface area contributed by atoms with Gasteiger partial charge in [0.25, 0.3) is 0 Å². The molecule has 3 saturated carbocycles. The van der Waals surface area contributed by atoms with E-state index in [0.29, 0.717) is 23.7 Å². The minimum absolute atomic E-state index is 0.0884. The number of carbonyl (C=O) groups excluding carboxylic acids is 1. The molecule has 4 aliphatic carbocycles. The number of alkyl halides is 1. The van der Waals surface area contributed by atoms with Gasteiger partial charge in [-0.25, -0.2) is 4.39 Å². The van der Waals surface area contributed by atoms with Crippen LogP contribution in [0.25, 0.3) is 0 Å². The molecule has 0 aromatic heterocycles. The van der Waals surface area contributed by atoms with Crippen LogP contribution in [0.4, 0.5) is 4.39 Å². The zero-order chi connectivity index (χ0) is 14.8. The molecule has 1 unspecified atom stereocenters. The lowest BCUT2D eigenvalue weighted by molar-refractivity contribution is -0.134. The van der Waals surface area contributed by atoms with Gasteiger partial charge in [0.05, 0.1) is 0 Å². The minimum atomic E-state index is -1.19. The van der Waals surface area contributed by atoms with Crippen molar-refractivity contribution < 1.29 is 9.18 Å². The maximum absolute atomic E-state index is 14.1. The van der Waals surface area contributed by atoms with Crippen molar-refractivity contribution in [3.8, 4) is 0 Å². The molecule has 2 heteroatoms. The van der Waals surface area contributed by atoms with E-state index in [9.17, 15) is 9.18 Å². The predicted octanol–water partition coefficient (Wildman–Crippen LogP) is 4.86. The molecule has 4 rings (SSSR count). The molecule has 21 heavy (non-hydrogen) atoms. The van der Waals surface area contributed by atoms with E-state index in [1.165, 1.54) is 25.7 Å². The van der Waals surface area contributed by atoms with Gasteiger partial charge >= 0.3 is 0 Å². The molecule has 0 heterocycles. The van der Waals surface area contributed by atoms with Crippen LogP contribution in [0.5, 0.6) is 0 Å². The summed E-state index contributed by atoms with van der Waals surface area (Å²) in [5.74, 6) is 1.43. The van der Waals surface area contributed by atoms with E-state index in [2.05, 4.69) is 19.9 Å². The van der Waals surface area contributed by atoms with Crippen LogP contribution in [0.2, 0.25) is 0 Å². The van der Waals surface area contributed by atoms with Crippen molar-refractivity contribution in [2.45, 2.75) is 71.4 Å². The summed E-state index contributed by atoms with van der Waals surface area (Å²) in [6, 6.07) is 0. The Kier molecular flexibility index (Phi) is 2.94. The highest BCUT2D eigenvalue weighted by atomic mass is 19.1. The largest absolute Gasteiger partial charge is 0.296 e. The second-order valence-electron chi connectivity index (χ2n) is 8.49. The maximum Gasteiger partial charge on any atom is 0.173 e. The van der Waals surface area contributed by atoms with Gasteiger partial charge in [0, 0.05) is 5.41 Å². The quantitative estimate of drug-likeness (QED) is 0.582. The van der Waals surface area contributed by atoms with Gasteiger partial charge in [-0.3, -0.25) is 4.79 Å². The number of allylic oxidation sites excluding steroid dienone is 2. The van der Waals surface area contributed by atoms with Crippen LogP contribution in [0.15, 0.2) is 11.6 Å². The van der Waals surface area contributed by atoms with Crippen LogP contribution in [0.3, 0.4) is 0 Å². The van der Waals surface area contributed by atoms with E-state index in [0.717, 1.165) is 19.3 Å². The van der Waals surface area contributed by atoms with Gasteiger partial charge in [0.15, 0.2) is 12.0 Å². The van der Waals surface area contributed by atoms with Crippen LogP contribution in [-0.4, -0.2) is 12.0 Å². The second-order valence-corrected chi connectivity index (χ2v) is 8.49. The standard InChI is InChI=1S/C19H27FO/c1-18-9-4-3-5-12(18)6-7-13-14(18)8-10-19(2)15(13)11-16(20)17(19)21/h6,13-16H,3-5,7-11H2,1-2H3/t13-,14-,15+,16?,18+,19+/m1/s1. The number of rotatable bonds is 0. The van der Waals surface area contributed by atoms with E-state index in [4.69, 9.17) is 0 Å². The summed E-state index contributed by atoms with van der Waals surface area (Å²) in [6.07, 6.45) is 10.2. The average Bonchev–Trinajstić information content (AvgIpc) is 2.70. The Morgan fingerprint density at radius 2 is 1.95 bits per heavy atom. The van der Waals surface area contributed by atoms with E-state index >= 15 is 0 Å². The van der Waals surface area contributed by atoms with Crippen molar-refractivity contribution in [1.82, 2.24) is 0 Å². The Balaban J connectivity index is 1.71. The molecule has 0 saturated heterocycles. The molecular weight excluding hydrogens is 263 g/mol. The molecule has 0 aliphatic heterocycles. The number of Topliss-reactive ketones (excluding diaryl/α,β-unsaturated/α-hetero) is 1. The van der Waals surface area contributed by atoms with Crippen LogP contribution in [0.1, 0.15) is 65.2 Å². The first-order valence-electron chi connectivity index (χ1n) is 8.85. The van der Waals surface area contributed by atoms with Crippen LogP contribution in [-0.2, 0) is 4.79 Å². The van der Waals surface area contributed by atoms with Crippen molar-refractivity contribution in [3.05, 3.63) is 11.6 Å². The van der Waals surface area contributed by atoms with E-state index in [1.54, 1.807) is 5.57 Å². The maximum atomic E-state index is 14.1. The molecule has 0 spiro atoms. The number of hydrogen-bond acceptors (Lipinski definition) is 1. The normalized spacial score (nSPS) is 52.7. The highest BCUT2D eigenvalue weighted by molar-refractivity contribution is 5.91. The molecule has 0 aromatic carbocycles. The first kappa shape index (κ1) is 14.0. The Morgan fingerprint density at radius 3 is 2.76 bits per heavy atom. The molecule has 0 amide bonds. The molecule has 6 atom stereocenters. The first-order chi connectivity index (χ1) is 9.97. The number of halogens is 1. The third-order valence-corrected chi connectivity index (χ3v) is 7.72. The summed E-state index contributed by atoms with van der Waals surface area (Å²) in [6.45, 7) is 4.51. The summed E-state index contributed by atoms with van der Waals surface area (Å²) in [5, 5.41) is 0. The smallest absolute Gasteiger partial charge is 0.173 e. The van der Waals surface area contributed by atoms with Crippen molar-refractivity contribution >= 4 is 5.78 Å². The van der Waals surface area contributed by atoms with Gasteiger partial charge in [0.1, 0.15) is 0 Å². The zero-order valence-corrected chi connectivity index (χ0v) is 13.3. The first-order valence-corrected chi connectivity index (χ1v) is 8.85. The summed E-state index contributed by atoms with van der Waals surface area (Å²) >= 11 is 0. The highest BCUT2D eigenvalue weighted by Crippen LogP contribution is 2.64. The van der Waals surface area contributed by atoms with Crippen molar-refractivity contribution in [2.75, 3.05) is 0 Å². The Labute approximate surface area is 127 Å². The minimum Gasteiger partial charge on any atom is -0.296 e. The number of carbonyl (C=O) groups is 1. The van der Waals surface area contributed by atoms with E-state index < -0.39 is 6.17 Å². The van der Waals surface area contributed by atoms with E-state index in [-0.39, 0.29) is 17.1 Å². The van der Waals surface area contributed by atoms with Crippen molar-refractivity contribution in [2.24, 2.45) is 28.6 Å². The lowest BCUT2D eigenvalue weighted by Gasteiger charge is -2.56. The predicted molar refractivity (Wildman–Crippen MR) is 81.6 cm³/mol. The summed E-state index contributed by atoms with van der Waals surface area (Å²) in [5.41, 5.74) is 1.66. The van der Waals surface area contributed by atoms with Gasteiger partial charge in [-0.2, -0.15) is 0 Å². The summed E-state index contributed by atoms with van der Waals surface area (Å²) < 4.78 is 14.1. The molecule has 3 fully saturated rings. The fourth-order valence-electron chi connectivity index (χ4n) is 6.45. The number of hydrogen-bond donors (Lipinski definition) is 0. The summed E-state index contributed by atoms with van der Waals surface area (Å²) in [7, 11) is 0. The average molecular weight is 290 g/mol. The lowest BCUT2D eigenvalue weighted by Crippen LogP contribution is -2.49. The van der Waals surface area contributed by atoms with E-state index in [1.807, 2.05) is 0 Å². The molecule has 4 aliphatic rings. The van der Waals surface area contributed by atoms with Crippen molar-refractivity contribution in [1.29, 1.82) is 0 Å². The Hall–Kier alpha value is -0.660. The van der Waals surface area contributed by atoms with Crippen LogP contribution in [0, 0.1) is 28.6 Å². The van der Waals surface area contributed by atoms with Gasteiger partial charge in [-0.15, -0.1) is 0 Å². The number of ketones is 1. The summed E-state index contributed by atoms with van der Waals surface area (Å²) in [4.78, 5) is 12.3. The number of fused-ring (bicyclic) bond motifs is 5. The zero-order valence-electron chi connectivity index (χ0n) is 13.3. The molecule has 0 aromatic rings. The third-order valence-electron chi connectivity index (χ3n) is 7.72. The topological polar surface area (TPSA) is 17.1 Å². The Morgan fingerprint density at radius 1 is 1.14 bits per heavy atom. The van der Waals surface area contributed by atoms with Crippen molar-refractivity contribution in [3.63, 3.8) is 0 Å². The highest BCUT2D eigenvalue weighted by Gasteiger charge is 2.61. The molecule has 0 radical (unpaired) electrons. The Bertz CT molecular complexity index is 510. The molecule has 0 bridgehead atoms. The molecule has 116 valence electrons. The van der Waals surface area contributed by atoms with Gasteiger partial charge in [-0.05, 0) is 68.1 Å². The van der Waals surface area contributed by atoms with Gasteiger partial charge in [0.2, 0.25) is 0 Å². The molecule has 0 N–H and O–H groups in total. The van der Waals surface area contributed by atoms with Gasteiger partial charge < -0.3 is 0 Å². The lowest BCUT2D eigenvalue weighted by atomic mass is 9.48.